The van der Waals surface area contributed by atoms with Gasteiger partial charge in [0.15, 0.2) is 9.99 Å². The number of H-pyrrole nitrogens is 1. The number of pyridine rings is 1. The van der Waals surface area contributed by atoms with Crippen LogP contribution in [0.4, 0.5) is 0 Å². The number of thioether (sulfide) groups is 1. The highest BCUT2D eigenvalue weighted by molar-refractivity contribution is 8.01. The summed E-state index contributed by atoms with van der Waals surface area (Å²) < 4.78 is 1.54. The highest BCUT2D eigenvalue weighted by Crippen LogP contribution is 2.33. The Balaban J connectivity index is 2.29. The molecule has 0 aromatic carbocycles. The molecule has 0 unspecified atom stereocenters. The van der Waals surface area contributed by atoms with E-state index < -0.39 is 0 Å². The van der Waals surface area contributed by atoms with Crippen molar-refractivity contribution in [3.63, 3.8) is 0 Å². The fourth-order valence-electron chi connectivity index (χ4n) is 1.27. The second kappa shape index (κ2) is 4.88. The first-order valence-corrected chi connectivity index (χ1v) is 6.86. The molecule has 6 heteroatoms. The van der Waals surface area contributed by atoms with Crippen molar-refractivity contribution in [2.45, 2.75) is 24.1 Å². The summed E-state index contributed by atoms with van der Waals surface area (Å²) in [6, 6.07) is 1.18. The van der Waals surface area contributed by atoms with Gasteiger partial charge < -0.3 is 10.1 Å². The second-order valence-corrected chi connectivity index (χ2v) is 5.72. The maximum absolute atomic E-state index is 11.1. The van der Waals surface area contributed by atoms with E-state index in [1.807, 2.05) is 0 Å². The summed E-state index contributed by atoms with van der Waals surface area (Å²) in [5, 5.41) is 9.58. The van der Waals surface area contributed by atoms with E-state index in [-0.39, 0.29) is 11.3 Å². The zero-order valence-electron chi connectivity index (χ0n) is 8.82. The third-order valence-electron chi connectivity index (χ3n) is 2.07. The van der Waals surface area contributed by atoms with E-state index in [0.29, 0.717) is 10.3 Å². The Morgan fingerprint density at radius 1 is 1.62 bits per heavy atom. The van der Waals surface area contributed by atoms with E-state index in [2.05, 4.69) is 16.9 Å². The van der Waals surface area contributed by atoms with E-state index >= 15 is 0 Å². The maximum atomic E-state index is 11.1. The minimum atomic E-state index is -0.319. The van der Waals surface area contributed by atoms with Crippen molar-refractivity contribution in [1.82, 2.24) is 9.97 Å². The number of nitrogens with zero attached hydrogens (tertiary/aromatic N) is 1. The fourth-order valence-corrected chi connectivity index (χ4v) is 3.43. The molecule has 0 radical (unpaired) electrons. The average Bonchev–Trinajstić information content (AvgIpc) is 2.61. The van der Waals surface area contributed by atoms with Crippen molar-refractivity contribution < 1.29 is 5.11 Å². The molecule has 2 heterocycles. The first-order chi connectivity index (χ1) is 7.70. The lowest BCUT2D eigenvalue weighted by molar-refractivity contribution is 0.481. The molecule has 0 aliphatic heterocycles. The Hall–Kier alpha value is -1.01. The molecule has 0 saturated carbocycles. The van der Waals surface area contributed by atoms with Crippen LogP contribution in [0.5, 0.6) is 5.75 Å². The van der Waals surface area contributed by atoms with Crippen molar-refractivity contribution in [3.05, 3.63) is 16.4 Å². The van der Waals surface area contributed by atoms with Gasteiger partial charge in [0, 0.05) is 11.8 Å². The second-order valence-electron chi connectivity index (χ2n) is 3.38. The Kier molecular flexibility index (Phi) is 3.50. The first-order valence-electron chi connectivity index (χ1n) is 5.06. The van der Waals surface area contributed by atoms with E-state index in [1.54, 1.807) is 11.8 Å². The van der Waals surface area contributed by atoms with Crippen molar-refractivity contribution in [2.24, 2.45) is 0 Å². The molecule has 2 N–H and O–H groups in total. The molecule has 0 saturated heterocycles. The number of hydrogen-bond acceptors (Lipinski definition) is 5. The van der Waals surface area contributed by atoms with E-state index in [1.165, 1.54) is 17.4 Å². The van der Waals surface area contributed by atoms with Gasteiger partial charge in [0.05, 0.1) is 0 Å². The zero-order valence-corrected chi connectivity index (χ0v) is 10.5. The number of unbranched alkanes of at least 4 members (excludes halogenated alkanes) is 1. The summed E-state index contributed by atoms with van der Waals surface area (Å²) in [5.41, 5.74) is 0.161. The quantitative estimate of drug-likeness (QED) is 0.652. The first kappa shape index (κ1) is 11.5. The van der Waals surface area contributed by atoms with Crippen molar-refractivity contribution in [3.8, 4) is 5.75 Å². The molecule has 2 aromatic heterocycles. The van der Waals surface area contributed by atoms with Crippen LogP contribution in [-0.2, 0) is 0 Å². The number of aromatic amines is 1. The number of rotatable bonds is 4. The van der Waals surface area contributed by atoms with Crippen molar-refractivity contribution >= 4 is 33.4 Å². The zero-order chi connectivity index (χ0) is 11.5. The summed E-state index contributed by atoms with van der Waals surface area (Å²) in [6.45, 7) is 2.14. The van der Waals surface area contributed by atoms with Gasteiger partial charge in [-0.25, -0.2) is 4.98 Å². The number of hydrogen-bond donors (Lipinski definition) is 2. The number of aromatic hydroxyl groups is 1. The van der Waals surface area contributed by atoms with Gasteiger partial charge in [-0.1, -0.05) is 25.1 Å². The highest BCUT2D eigenvalue weighted by atomic mass is 32.2. The molecular formula is C10H12N2O2S2. The fraction of sp³-hybridized carbons (Fsp3) is 0.400. The Labute approximate surface area is 101 Å². The summed E-state index contributed by atoms with van der Waals surface area (Å²) in [4.78, 5) is 18.0. The standard InChI is InChI=1S/C10H12N2O2S2/c1-2-3-4-15-10-12-9-8(16-10)6(13)5-7(14)11-9/h5H,2-4H2,1H3,(H2,11,13,14). The van der Waals surface area contributed by atoms with Gasteiger partial charge in [0.1, 0.15) is 10.4 Å². The number of nitrogens with one attached hydrogen (secondary N) is 1. The van der Waals surface area contributed by atoms with E-state index in [9.17, 15) is 9.90 Å². The van der Waals surface area contributed by atoms with Crippen molar-refractivity contribution in [2.75, 3.05) is 5.75 Å². The lowest BCUT2D eigenvalue weighted by atomic mass is 10.4. The number of fused-ring (bicyclic) bond motifs is 1. The van der Waals surface area contributed by atoms with Crippen LogP contribution in [0.15, 0.2) is 15.2 Å². The summed E-state index contributed by atoms with van der Waals surface area (Å²) in [5.74, 6) is 1.03. The normalized spacial score (nSPS) is 11.1. The van der Waals surface area contributed by atoms with Crippen LogP contribution in [0.2, 0.25) is 0 Å². The summed E-state index contributed by atoms with van der Waals surface area (Å²) in [6.07, 6.45) is 2.29. The highest BCUT2D eigenvalue weighted by Gasteiger charge is 2.09. The minimum absolute atomic E-state index is 0.0126. The minimum Gasteiger partial charge on any atom is -0.506 e. The Morgan fingerprint density at radius 2 is 2.44 bits per heavy atom. The van der Waals surface area contributed by atoms with Gasteiger partial charge in [-0.3, -0.25) is 4.79 Å². The lowest BCUT2D eigenvalue weighted by Gasteiger charge is -1.92. The molecule has 0 atom stereocenters. The largest absolute Gasteiger partial charge is 0.506 e. The molecular weight excluding hydrogens is 244 g/mol. The van der Waals surface area contributed by atoms with Gasteiger partial charge in [0.2, 0.25) is 0 Å². The lowest BCUT2D eigenvalue weighted by Crippen LogP contribution is -2.02. The van der Waals surface area contributed by atoms with Gasteiger partial charge in [-0.15, -0.1) is 11.3 Å². The molecule has 86 valence electrons. The number of thiazole rings is 1. The van der Waals surface area contributed by atoms with Gasteiger partial charge >= 0.3 is 0 Å². The predicted octanol–water partition coefficient (Wildman–Crippen LogP) is 2.58. The van der Waals surface area contributed by atoms with Gasteiger partial charge in [0.25, 0.3) is 5.56 Å². The van der Waals surface area contributed by atoms with Crippen LogP contribution in [0.1, 0.15) is 19.8 Å². The van der Waals surface area contributed by atoms with Gasteiger partial charge in [-0.2, -0.15) is 0 Å². The summed E-state index contributed by atoms with van der Waals surface area (Å²) >= 11 is 3.07. The SMILES string of the molecule is CCCCSc1nc2[nH]c(=O)cc(O)c2s1. The third-order valence-corrected chi connectivity index (χ3v) is 4.38. The molecule has 0 fully saturated rings. The topological polar surface area (TPSA) is 66.0 Å². The smallest absolute Gasteiger partial charge is 0.253 e. The molecule has 0 spiro atoms. The van der Waals surface area contributed by atoms with Gasteiger partial charge in [-0.05, 0) is 6.42 Å². The Bertz CT molecular complexity index is 547. The van der Waals surface area contributed by atoms with Crippen LogP contribution in [0, 0.1) is 0 Å². The van der Waals surface area contributed by atoms with Crippen LogP contribution in [0.25, 0.3) is 10.3 Å². The van der Waals surface area contributed by atoms with E-state index in [0.717, 1.165) is 22.9 Å². The molecule has 4 nitrogen and oxygen atoms in total. The third kappa shape index (κ3) is 2.38. The number of aromatic nitrogens is 2. The van der Waals surface area contributed by atoms with Crippen molar-refractivity contribution in [1.29, 1.82) is 0 Å². The monoisotopic (exact) mass is 256 g/mol. The molecule has 0 aliphatic carbocycles. The molecule has 0 bridgehead atoms. The average molecular weight is 256 g/mol. The van der Waals surface area contributed by atoms with Crippen LogP contribution in [0.3, 0.4) is 0 Å². The summed E-state index contributed by atoms with van der Waals surface area (Å²) in [7, 11) is 0. The van der Waals surface area contributed by atoms with Crippen LogP contribution in [-0.4, -0.2) is 20.8 Å². The molecule has 16 heavy (non-hydrogen) atoms. The van der Waals surface area contributed by atoms with Crippen LogP contribution >= 0.6 is 23.1 Å². The molecule has 2 aromatic rings. The molecule has 0 amide bonds. The molecule has 2 rings (SSSR count). The van der Waals surface area contributed by atoms with E-state index in [4.69, 9.17) is 0 Å². The van der Waals surface area contributed by atoms with Crippen LogP contribution < -0.4 is 5.56 Å². The predicted molar refractivity (Wildman–Crippen MR) is 67.5 cm³/mol. The molecule has 0 aliphatic rings. The Morgan fingerprint density at radius 3 is 3.19 bits per heavy atom. The maximum Gasteiger partial charge on any atom is 0.253 e.